The van der Waals surface area contributed by atoms with Crippen molar-refractivity contribution in [1.29, 1.82) is 0 Å². The summed E-state index contributed by atoms with van der Waals surface area (Å²) in [6.45, 7) is 4.97. The van der Waals surface area contributed by atoms with Crippen LogP contribution < -0.4 is 14.8 Å². The fourth-order valence-corrected chi connectivity index (χ4v) is 1.68. The lowest BCUT2D eigenvalue weighted by Gasteiger charge is -2.22. The van der Waals surface area contributed by atoms with Crippen LogP contribution in [0.5, 0.6) is 11.5 Å². The molecule has 0 saturated carbocycles. The van der Waals surface area contributed by atoms with Gasteiger partial charge in [-0.05, 0) is 19.4 Å². The van der Waals surface area contributed by atoms with Gasteiger partial charge in [-0.1, -0.05) is 19.1 Å². The van der Waals surface area contributed by atoms with Crippen LogP contribution in [0, 0.1) is 0 Å². The molecule has 1 aromatic rings. The average molecular weight is 253 g/mol. The average Bonchev–Trinajstić information content (AvgIpc) is 2.38. The van der Waals surface area contributed by atoms with E-state index in [9.17, 15) is 5.11 Å². The number of ether oxygens (including phenoxy) is 2. The standard InChI is InChI=1S/C14H23NO3/c1-5-14(2,16)10-15-9-11-7-6-8-12(17-3)13(11)18-4/h6-8,15-16H,5,9-10H2,1-4H3. The molecule has 1 rings (SSSR count). The first kappa shape index (κ1) is 14.8. The third-order valence-corrected chi connectivity index (χ3v) is 3.07. The van der Waals surface area contributed by atoms with Gasteiger partial charge in [0.1, 0.15) is 0 Å². The van der Waals surface area contributed by atoms with Crippen LogP contribution >= 0.6 is 0 Å². The molecule has 1 atom stereocenters. The summed E-state index contributed by atoms with van der Waals surface area (Å²) < 4.78 is 10.6. The van der Waals surface area contributed by atoms with E-state index in [-0.39, 0.29) is 0 Å². The third-order valence-electron chi connectivity index (χ3n) is 3.07. The predicted molar refractivity (Wildman–Crippen MR) is 72.2 cm³/mol. The number of hydrogen-bond acceptors (Lipinski definition) is 4. The van der Waals surface area contributed by atoms with Crippen molar-refractivity contribution in [3.05, 3.63) is 23.8 Å². The third kappa shape index (κ3) is 3.89. The fraction of sp³-hybridized carbons (Fsp3) is 0.571. The molecule has 2 N–H and O–H groups in total. The van der Waals surface area contributed by atoms with E-state index in [1.165, 1.54) is 0 Å². The molecule has 0 heterocycles. The second kappa shape index (κ2) is 6.61. The van der Waals surface area contributed by atoms with E-state index >= 15 is 0 Å². The van der Waals surface area contributed by atoms with Crippen molar-refractivity contribution in [2.75, 3.05) is 20.8 Å². The zero-order valence-corrected chi connectivity index (χ0v) is 11.6. The van der Waals surface area contributed by atoms with Crippen LogP contribution in [-0.2, 0) is 6.54 Å². The summed E-state index contributed by atoms with van der Waals surface area (Å²) in [5.74, 6) is 1.46. The first-order valence-corrected chi connectivity index (χ1v) is 6.17. The first-order chi connectivity index (χ1) is 8.54. The minimum absolute atomic E-state index is 0.546. The molecule has 0 aliphatic carbocycles. The summed E-state index contributed by atoms with van der Waals surface area (Å²) in [5.41, 5.74) is 0.343. The van der Waals surface area contributed by atoms with Crippen LogP contribution in [0.25, 0.3) is 0 Å². The van der Waals surface area contributed by atoms with Crippen LogP contribution in [0.15, 0.2) is 18.2 Å². The van der Waals surface area contributed by atoms with Crippen molar-refractivity contribution in [2.45, 2.75) is 32.4 Å². The lowest BCUT2D eigenvalue weighted by atomic mass is 10.0. The Morgan fingerprint density at radius 3 is 2.56 bits per heavy atom. The second-order valence-electron chi connectivity index (χ2n) is 4.61. The van der Waals surface area contributed by atoms with E-state index in [1.54, 1.807) is 14.2 Å². The number of aliphatic hydroxyl groups is 1. The summed E-state index contributed by atoms with van der Waals surface area (Å²) in [7, 11) is 3.25. The first-order valence-electron chi connectivity index (χ1n) is 6.17. The summed E-state index contributed by atoms with van der Waals surface area (Å²) >= 11 is 0. The number of hydrogen-bond donors (Lipinski definition) is 2. The Bertz CT molecular complexity index is 377. The maximum Gasteiger partial charge on any atom is 0.165 e. The molecule has 0 aliphatic heterocycles. The molecule has 1 unspecified atom stereocenters. The highest BCUT2D eigenvalue weighted by Gasteiger charge is 2.17. The van der Waals surface area contributed by atoms with E-state index in [0.717, 1.165) is 23.5 Å². The van der Waals surface area contributed by atoms with Gasteiger partial charge in [-0.25, -0.2) is 0 Å². The minimum Gasteiger partial charge on any atom is -0.493 e. The Balaban J connectivity index is 2.67. The highest BCUT2D eigenvalue weighted by Crippen LogP contribution is 2.30. The molecule has 4 nitrogen and oxygen atoms in total. The van der Waals surface area contributed by atoms with Crippen molar-refractivity contribution < 1.29 is 14.6 Å². The maximum absolute atomic E-state index is 9.91. The van der Waals surface area contributed by atoms with E-state index < -0.39 is 5.60 Å². The largest absolute Gasteiger partial charge is 0.493 e. The Hall–Kier alpha value is -1.26. The number of benzene rings is 1. The van der Waals surface area contributed by atoms with E-state index in [0.29, 0.717) is 13.1 Å². The van der Waals surface area contributed by atoms with Gasteiger partial charge in [0.15, 0.2) is 11.5 Å². The van der Waals surface area contributed by atoms with Crippen LogP contribution in [-0.4, -0.2) is 31.5 Å². The van der Waals surface area contributed by atoms with Gasteiger partial charge in [-0.15, -0.1) is 0 Å². The molecule has 0 aromatic heterocycles. The highest BCUT2D eigenvalue weighted by atomic mass is 16.5. The zero-order valence-electron chi connectivity index (χ0n) is 11.6. The molecule has 0 radical (unpaired) electrons. The van der Waals surface area contributed by atoms with Gasteiger partial charge in [0, 0.05) is 18.7 Å². The zero-order chi connectivity index (χ0) is 13.6. The molecule has 0 fully saturated rings. The number of methoxy groups -OCH3 is 2. The predicted octanol–water partition coefficient (Wildman–Crippen LogP) is 1.95. The molecule has 4 heteroatoms. The molecule has 0 aliphatic rings. The normalized spacial score (nSPS) is 14.1. The Morgan fingerprint density at radius 1 is 1.28 bits per heavy atom. The summed E-state index contributed by atoms with van der Waals surface area (Å²) in [6.07, 6.45) is 0.718. The van der Waals surface area contributed by atoms with Crippen LogP contribution in [0.3, 0.4) is 0 Å². The molecule has 1 aromatic carbocycles. The van der Waals surface area contributed by atoms with E-state index in [1.807, 2.05) is 32.0 Å². The van der Waals surface area contributed by atoms with E-state index in [4.69, 9.17) is 9.47 Å². The van der Waals surface area contributed by atoms with Gasteiger partial charge >= 0.3 is 0 Å². The van der Waals surface area contributed by atoms with E-state index in [2.05, 4.69) is 5.32 Å². The summed E-state index contributed by atoms with van der Waals surface area (Å²) in [4.78, 5) is 0. The number of rotatable bonds is 7. The summed E-state index contributed by atoms with van der Waals surface area (Å²) in [6, 6.07) is 5.77. The summed E-state index contributed by atoms with van der Waals surface area (Å²) in [5, 5.41) is 13.1. The molecule has 0 spiro atoms. The van der Waals surface area contributed by atoms with Crippen molar-refractivity contribution in [3.8, 4) is 11.5 Å². The number of nitrogens with one attached hydrogen (secondary N) is 1. The van der Waals surface area contributed by atoms with Gasteiger partial charge in [0.05, 0.1) is 19.8 Å². The van der Waals surface area contributed by atoms with Crippen molar-refractivity contribution in [1.82, 2.24) is 5.32 Å². The molecular weight excluding hydrogens is 230 g/mol. The molecular formula is C14H23NO3. The fourth-order valence-electron chi connectivity index (χ4n) is 1.68. The highest BCUT2D eigenvalue weighted by molar-refractivity contribution is 5.46. The Kier molecular flexibility index (Phi) is 5.44. The maximum atomic E-state index is 9.91. The SMILES string of the molecule is CCC(C)(O)CNCc1cccc(OC)c1OC. The molecule has 18 heavy (non-hydrogen) atoms. The van der Waals surface area contributed by atoms with Gasteiger partial charge in [0.2, 0.25) is 0 Å². The van der Waals surface area contributed by atoms with Crippen LogP contribution in [0.1, 0.15) is 25.8 Å². The molecule has 0 saturated heterocycles. The smallest absolute Gasteiger partial charge is 0.165 e. The second-order valence-corrected chi connectivity index (χ2v) is 4.61. The molecule has 0 amide bonds. The van der Waals surface area contributed by atoms with Crippen LogP contribution in [0.2, 0.25) is 0 Å². The van der Waals surface area contributed by atoms with Gasteiger partial charge in [-0.3, -0.25) is 0 Å². The topological polar surface area (TPSA) is 50.7 Å². The minimum atomic E-state index is -0.675. The number of para-hydroxylation sites is 1. The quantitative estimate of drug-likeness (QED) is 0.780. The molecule has 102 valence electrons. The molecule has 0 bridgehead atoms. The Labute approximate surface area is 109 Å². The van der Waals surface area contributed by atoms with Crippen LogP contribution in [0.4, 0.5) is 0 Å². The van der Waals surface area contributed by atoms with Crippen molar-refractivity contribution in [3.63, 3.8) is 0 Å². The lowest BCUT2D eigenvalue weighted by Crippen LogP contribution is -2.36. The lowest BCUT2D eigenvalue weighted by molar-refractivity contribution is 0.0555. The monoisotopic (exact) mass is 253 g/mol. The van der Waals surface area contributed by atoms with Gasteiger partial charge in [-0.2, -0.15) is 0 Å². The van der Waals surface area contributed by atoms with Crippen molar-refractivity contribution >= 4 is 0 Å². The van der Waals surface area contributed by atoms with Gasteiger partial charge < -0.3 is 19.9 Å². The Morgan fingerprint density at radius 2 is 2.00 bits per heavy atom. The van der Waals surface area contributed by atoms with Gasteiger partial charge in [0.25, 0.3) is 0 Å². The van der Waals surface area contributed by atoms with Crippen molar-refractivity contribution in [2.24, 2.45) is 0 Å².